The van der Waals surface area contributed by atoms with Gasteiger partial charge in [0.1, 0.15) is 0 Å². The molecule has 2 atom stereocenters. The lowest BCUT2D eigenvalue weighted by Gasteiger charge is -2.24. The molecule has 1 saturated heterocycles. The van der Waals surface area contributed by atoms with Gasteiger partial charge in [-0.1, -0.05) is 6.58 Å². The van der Waals surface area contributed by atoms with Gasteiger partial charge in [-0.15, -0.1) is 0 Å². The summed E-state index contributed by atoms with van der Waals surface area (Å²) in [5.41, 5.74) is 1.22. The molecule has 0 spiro atoms. The van der Waals surface area contributed by atoms with Crippen LogP contribution < -0.4 is 10.6 Å². The smallest absolute Gasteiger partial charge is 0.319 e. The normalized spacial score (nSPS) is 28.1. The zero-order valence-electron chi connectivity index (χ0n) is 9.40. The summed E-state index contributed by atoms with van der Waals surface area (Å²) in [6.07, 6.45) is 3.60. The first-order valence-electron chi connectivity index (χ1n) is 5.32. The van der Waals surface area contributed by atoms with Gasteiger partial charge in [0.2, 0.25) is 0 Å². The van der Waals surface area contributed by atoms with Gasteiger partial charge in [-0.3, -0.25) is 10.1 Å². The van der Waals surface area contributed by atoms with Gasteiger partial charge < -0.3 is 10.6 Å². The largest absolute Gasteiger partial charge is 0.335 e. The highest BCUT2D eigenvalue weighted by Gasteiger charge is 2.32. The van der Waals surface area contributed by atoms with Gasteiger partial charge in [0.15, 0.2) is 0 Å². The number of hydrogen-bond acceptors (Lipinski definition) is 3. The molecule has 0 radical (unpaired) electrons. The van der Waals surface area contributed by atoms with Crippen molar-refractivity contribution in [1.29, 1.82) is 0 Å². The van der Waals surface area contributed by atoms with Crippen molar-refractivity contribution in [2.24, 2.45) is 5.92 Å². The summed E-state index contributed by atoms with van der Waals surface area (Å²) in [4.78, 5) is 21.7. The highest BCUT2D eigenvalue weighted by molar-refractivity contribution is 5.78. The van der Waals surface area contributed by atoms with Crippen molar-refractivity contribution in [3.63, 3.8) is 0 Å². The van der Waals surface area contributed by atoms with Crippen molar-refractivity contribution in [1.82, 2.24) is 10.6 Å². The first kappa shape index (κ1) is 11.4. The Balaban J connectivity index is 2.38. The van der Waals surface area contributed by atoms with E-state index >= 15 is 0 Å². The van der Waals surface area contributed by atoms with Crippen LogP contribution in [0.25, 0.3) is 0 Å². The first-order valence-corrected chi connectivity index (χ1v) is 5.32. The molecule has 2 aliphatic rings. The molecule has 2 N–H and O–H groups in total. The molecule has 6 heteroatoms. The van der Waals surface area contributed by atoms with Crippen LogP contribution in [0.15, 0.2) is 35.7 Å². The predicted molar refractivity (Wildman–Crippen MR) is 61.5 cm³/mol. The summed E-state index contributed by atoms with van der Waals surface area (Å²) >= 11 is 0. The van der Waals surface area contributed by atoms with E-state index in [-0.39, 0.29) is 23.7 Å². The average molecular weight is 235 g/mol. The molecule has 1 fully saturated rings. The number of fused-ring (bicyclic) bond motifs is 1. The molecule has 1 aliphatic carbocycles. The minimum Gasteiger partial charge on any atom is -0.335 e. The van der Waals surface area contributed by atoms with Crippen LogP contribution in [-0.4, -0.2) is 17.0 Å². The fourth-order valence-corrected chi connectivity index (χ4v) is 2.16. The fourth-order valence-electron chi connectivity index (χ4n) is 2.16. The molecule has 1 heterocycles. The number of nitrogens with one attached hydrogen (secondary N) is 2. The molecule has 6 nitrogen and oxygen atoms in total. The lowest BCUT2D eigenvalue weighted by atomic mass is 9.84. The molecule has 0 aromatic heterocycles. The van der Waals surface area contributed by atoms with Crippen molar-refractivity contribution >= 4 is 6.03 Å². The third-order valence-corrected chi connectivity index (χ3v) is 3.07. The van der Waals surface area contributed by atoms with Crippen LogP contribution in [0.1, 0.15) is 13.3 Å². The van der Waals surface area contributed by atoms with Gasteiger partial charge in [-0.05, 0) is 25.0 Å². The van der Waals surface area contributed by atoms with E-state index in [1.165, 1.54) is 6.08 Å². The minimum atomic E-state index is -0.429. The highest BCUT2D eigenvalue weighted by atomic mass is 16.6. The maximum Gasteiger partial charge on any atom is 0.319 e. The number of allylic oxidation sites excluding steroid dienone is 3. The number of carbonyl (C=O) groups excluding carboxylic acids is 1. The number of carbonyl (C=O) groups is 1. The van der Waals surface area contributed by atoms with Crippen LogP contribution in [0.5, 0.6) is 0 Å². The van der Waals surface area contributed by atoms with Crippen molar-refractivity contribution in [2.45, 2.75) is 19.4 Å². The molecule has 17 heavy (non-hydrogen) atoms. The summed E-state index contributed by atoms with van der Waals surface area (Å²) in [7, 11) is 0. The molecule has 90 valence electrons. The maximum absolute atomic E-state index is 11.4. The number of nitro groups is 1. The van der Waals surface area contributed by atoms with E-state index < -0.39 is 4.92 Å². The van der Waals surface area contributed by atoms with Crippen LogP contribution in [0, 0.1) is 16.0 Å². The van der Waals surface area contributed by atoms with E-state index in [2.05, 4.69) is 17.2 Å². The standard InChI is InChI=1S/C11H13N3O3/c1-6-9-4-3-8(14(16)17)5-10(9)7(2)13-11(15)12-6/h3,5-6,9H,2,4H2,1H3,(H2,12,13,15). The van der Waals surface area contributed by atoms with E-state index in [1.807, 2.05) is 6.92 Å². The Morgan fingerprint density at radius 3 is 2.94 bits per heavy atom. The first-order chi connectivity index (χ1) is 7.99. The Kier molecular flexibility index (Phi) is 2.71. The van der Waals surface area contributed by atoms with Crippen molar-refractivity contribution in [3.8, 4) is 0 Å². The Morgan fingerprint density at radius 1 is 1.59 bits per heavy atom. The third-order valence-electron chi connectivity index (χ3n) is 3.07. The van der Waals surface area contributed by atoms with E-state index in [4.69, 9.17) is 0 Å². The predicted octanol–water partition coefficient (Wildman–Crippen LogP) is 1.31. The summed E-state index contributed by atoms with van der Waals surface area (Å²) in [6, 6.07) is -0.398. The number of amides is 2. The molecule has 2 unspecified atom stereocenters. The zero-order valence-corrected chi connectivity index (χ0v) is 9.40. The molecular weight excluding hydrogens is 222 g/mol. The SMILES string of the molecule is C=C1NC(=O)NC(C)C2CC=C([N+](=O)[O-])C=C12. The number of rotatable bonds is 1. The van der Waals surface area contributed by atoms with E-state index in [9.17, 15) is 14.9 Å². The lowest BCUT2D eigenvalue weighted by molar-refractivity contribution is -0.419. The quantitative estimate of drug-likeness (QED) is 0.530. The molecule has 2 amide bonds. The average Bonchev–Trinajstić information content (AvgIpc) is 2.36. The second-order valence-electron chi connectivity index (χ2n) is 4.19. The van der Waals surface area contributed by atoms with Crippen LogP contribution in [0.4, 0.5) is 4.79 Å². The number of nitrogens with zero attached hydrogens (tertiary/aromatic N) is 1. The minimum absolute atomic E-state index is 0.0325. The molecule has 1 aliphatic heterocycles. The van der Waals surface area contributed by atoms with E-state index in [1.54, 1.807) is 6.08 Å². The molecule has 2 rings (SSSR count). The lowest BCUT2D eigenvalue weighted by Crippen LogP contribution is -2.39. The van der Waals surface area contributed by atoms with Crippen molar-refractivity contribution in [3.05, 3.63) is 45.8 Å². The fraction of sp³-hybridized carbons (Fsp3) is 0.364. The topological polar surface area (TPSA) is 84.3 Å². The Morgan fingerprint density at radius 2 is 2.29 bits per heavy atom. The van der Waals surface area contributed by atoms with Crippen LogP contribution in [0.2, 0.25) is 0 Å². The van der Waals surface area contributed by atoms with Gasteiger partial charge >= 0.3 is 6.03 Å². The molecule has 0 bridgehead atoms. The van der Waals surface area contributed by atoms with Crippen molar-refractivity contribution < 1.29 is 9.72 Å². The van der Waals surface area contributed by atoms with E-state index in [0.29, 0.717) is 12.1 Å². The molecule has 0 aromatic carbocycles. The summed E-state index contributed by atoms with van der Waals surface area (Å²) in [5.74, 6) is 0.0325. The van der Waals surface area contributed by atoms with Crippen LogP contribution in [-0.2, 0) is 0 Å². The molecule has 0 saturated carbocycles. The van der Waals surface area contributed by atoms with Gasteiger partial charge in [0.25, 0.3) is 5.70 Å². The monoisotopic (exact) mass is 235 g/mol. The number of hydrogen-bond donors (Lipinski definition) is 2. The number of urea groups is 1. The second kappa shape index (κ2) is 4.04. The van der Waals surface area contributed by atoms with Gasteiger partial charge in [-0.25, -0.2) is 4.79 Å². The Bertz CT molecular complexity index is 465. The van der Waals surface area contributed by atoms with Gasteiger partial charge in [0.05, 0.1) is 4.92 Å². The second-order valence-corrected chi connectivity index (χ2v) is 4.19. The maximum atomic E-state index is 11.4. The summed E-state index contributed by atoms with van der Waals surface area (Å²) in [6.45, 7) is 5.62. The van der Waals surface area contributed by atoms with E-state index in [0.717, 1.165) is 5.57 Å². The Labute approximate surface area is 98.2 Å². The summed E-state index contributed by atoms with van der Waals surface area (Å²) < 4.78 is 0. The van der Waals surface area contributed by atoms with Gasteiger partial charge in [-0.2, -0.15) is 0 Å². The highest BCUT2D eigenvalue weighted by Crippen LogP contribution is 2.31. The Hall–Kier alpha value is -2.11. The molecular formula is C11H13N3O3. The molecule has 0 aromatic rings. The summed E-state index contributed by atoms with van der Waals surface area (Å²) in [5, 5.41) is 16.1. The third kappa shape index (κ3) is 2.06. The van der Waals surface area contributed by atoms with Crippen LogP contribution >= 0.6 is 0 Å². The van der Waals surface area contributed by atoms with Gasteiger partial charge in [0, 0.05) is 23.7 Å². The zero-order chi connectivity index (χ0) is 12.6. The van der Waals surface area contributed by atoms with Crippen LogP contribution in [0.3, 0.4) is 0 Å². The van der Waals surface area contributed by atoms with Crippen molar-refractivity contribution in [2.75, 3.05) is 0 Å².